The van der Waals surface area contributed by atoms with Gasteiger partial charge in [0.15, 0.2) is 0 Å². The van der Waals surface area contributed by atoms with Crippen molar-refractivity contribution in [2.24, 2.45) is 7.05 Å². The summed E-state index contributed by atoms with van der Waals surface area (Å²) in [6.07, 6.45) is 6.50. The zero-order valence-electron chi connectivity index (χ0n) is 18.1. The van der Waals surface area contributed by atoms with Crippen molar-refractivity contribution in [2.75, 3.05) is 23.8 Å². The highest BCUT2D eigenvalue weighted by atomic mass is 16.5. The van der Waals surface area contributed by atoms with Crippen LogP contribution < -0.4 is 15.4 Å². The molecule has 0 unspecified atom stereocenters. The molecule has 0 saturated heterocycles. The summed E-state index contributed by atoms with van der Waals surface area (Å²) >= 11 is 0. The summed E-state index contributed by atoms with van der Waals surface area (Å²) in [5.41, 5.74) is 4.36. The summed E-state index contributed by atoms with van der Waals surface area (Å²) < 4.78 is 7.50. The smallest absolute Gasteiger partial charge is 0.224 e. The van der Waals surface area contributed by atoms with Gasteiger partial charge in [-0.3, -0.25) is 4.68 Å². The maximum absolute atomic E-state index is 5.64. The number of hydrogen-bond donors (Lipinski definition) is 3. The lowest BCUT2D eigenvalue weighted by atomic mass is 10.1. The molecule has 3 aromatic heterocycles. The molecule has 0 spiro atoms. The van der Waals surface area contributed by atoms with E-state index in [0.29, 0.717) is 19.1 Å². The van der Waals surface area contributed by atoms with Crippen molar-refractivity contribution in [3.05, 3.63) is 66.6 Å². The Morgan fingerprint density at radius 3 is 2.97 bits per heavy atom. The third-order valence-electron chi connectivity index (χ3n) is 5.44. The lowest BCUT2D eigenvalue weighted by Gasteiger charge is -2.09. The van der Waals surface area contributed by atoms with Gasteiger partial charge in [0.05, 0.1) is 24.0 Å². The van der Waals surface area contributed by atoms with E-state index in [1.807, 2.05) is 55.2 Å². The molecule has 0 saturated carbocycles. The summed E-state index contributed by atoms with van der Waals surface area (Å²) in [5, 5.41) is 13.3. The van der Waals surface area contributed by atoms with Gasteiger partial charge in [0.2, 0.25) is 5.95 Å². The highest BCUT2D eigenvalue weighted by Gasteiger charge is 2.08. The maximum atomic E-state index is 5.64. The van der Waals surface area contributed by atoms with Gasteiger partial charge >= 0.3 is 0 Å². The Kier molecular flexibility index (Phi) is 5.33. The number of hydrogen-bond acceptors (Lipinski definition) is 6. The van der Waals surface area contributed by atoms with Crippen molar-refractivity contribution >= 4 is 39.3 Å². The van der Waals surface area contributed by atoms with E-state index < -0.39 is 0 Å². The zero-order chi connectivity index (χ0) is 21.9. The van der Waals surface area contributed by atoms with Gasteiger partial charge in [-0.1, -0.05) is 6.07 Å². The number of aryl methyl sites for hydroxylation is 1. The van der Waals surface area contributed by atoms with Gasteiger partial charge in [0, 0.05) is 42.3 Å². The molecule has 8 nitrogen and oxygen atoms in total. The van der Waals surface area contributed by atoms with Crippen LogP contribution in [0.25, 0.3) is 21.8 Å². The predicted molar refractivity (Wildman–Crippen MR) is 128 cm³/mol. The molecule has 0 radical (unpaired) electrons. The van der Waals surface area contributed by atoms with E-state index in [-0.39, 0.29) is 0 Å². The first-order valence-electron chi connectivity index (χ1n) is 10.7. The highest BCUT2D eigenvalue weighted by Crippen LogP contribution is 2.26. The molecule has 3 heterocycles. The van der Waals surface area contributed by atoms with Crippen molar-refractivity contribution in [3.8, 4) is 5.75 Å². The Balaban J connectivity index is 1.27. The number of nitrogens with one attached hydrogen (secondary N) is 3. The van der Waals surface area contributed by atoms with Gasteiger partial charge in [-0.2, -0.15) is 10.1 Å². The monoisotopic (exact) mass is 427 g/mol. The second-order valence-corrected chi connectivity index (χ2v) is 7.53. The lowest BCUT2D eigenvalue weighted by Crippen LogP contribution is -2.08. The molecule has 0 aliphatic heterocycles. The fourth-order valence-corrected chi connectivity index (χ4v) is 3.87. The largest absolute Gasteiger partial charge is 0.494 e. The summed E-state index contributed by atoms with van der Waals surface area (Å²) in [6.45, 7) is 3.36. The summed E-state index contributed by atoms with van der Waals surface area (Å²) in [4.78, 5) is 12.3. The van der Waals surface area contributed by atoms with Gasteiger partial charge in [-0.25, -0.2) is 4.98 Å². The number of benzene rings is 2. The van der Waals surface area contributed by atoms with Crippen LogP contribution in [-0.2, 0) is 13.5 Å². The van der Waals surface area contributed by atoms with Crippen LogP contribution in [0.15, 0.2) is 61.1 Å². The average Bonchev–Trinajstić information content (AvgIpc) is 3.38. The van der Waals surface area contributed by atoms with E-state index in [9.17, 15) is 0 Å². The van der Waals surface area contributed by atoms with E-state index in [2.05, 4.69) is 49.0 Å². The van der Waals surface area contributed by atoms with Crippen LogP contribution in [0.5, 0.6) is 5.75 Å². The van der Waals surface area contributed by atoms with E-state index >= 15 is 0 Å². The Bertz CT molecular complexity index is 1370. The van der Waals surface area contributed by atoms with Gasteiger partial charge in [-0.05, 0) is 55.3 Å². The van der Waals surface area contributed by atoms with Crippen molar-refractivity contribution in [1.82, 2.24) is 24.7 Å². The molecule has 3 N–H and O–H groups in total. The summed E-state index contributed by atoms with van der Waals surface area (Å²) in [7, 11) is 1.93. The zero-order valence-corrected chi connectivity index (χ0v) is 18.1. The molecular weight excluding hydrogens is 402 g/mol. The van der Waals surface area contributed by atoms with Crippen LogP contribution in [0.3, 0.4) is 0 Å². The van der Waals surface area contributed by atoms with Crippen LogP contribution >= 0.6 is 0 Å². The van der Waals surface area contributed by atoms with Gasteiger partial charge in [-0.15, -0.1) is 0 Å². The lowest BCUT2D eigenvalue weighted by molar-refractivity contribution is 0.340. The van der Waals surface area contributed by atoms with Crippen LogP contribution in [0, 0.1) is 0 Å². The molecule has 0 aliphatic carbocycles. The highest BCUT2D eigenvalue weighted by molar-refractivity contribution is 5.92. The van der Waals surface area contributed by atoms with Crippen LogP contribution in [-0.4, -0.2) is 37.9 Å². The topological polar surface area (TPSA) is 92.7 Å². The quantitative estimate of drug-likeness (QED) is 0.334. The van der Waals surface area contributed by atoms with Crippen LogP contribution in [0.1, 0.15) is 12.5 Å². The second-order valence-electron chi connectivity index (χ2n) is 7.53. The van der Waals surface area contributed by atoms with Crippen molar-refractivity contribution in [1.29, 1.82) is 0 Å². The fraction of sp³-hybridized carbons (Fsp3) is 0.208. The number of ether oxygens (including phenoxy) is 1. The van der Waals surface area contributed by atoms with Crippen LogP contribution in [0.2, 0.25) is 0 Å². The number of rotatable bonds is 8. The normalized spacial score (nSPS) is 11.2. The molecule has 0 aliphatic rings. The van der Waals surface area contributed by atoms with Crippen molar-refractivity contribution in [2.45, 2.75) is 13.3 Å². The van der Waals surface area contributed by atoms with Gasteiger partial charge in [0.25, 0.3) is 0 Å². The van der Waals surface area contributed by atoms with E-state index in [1.54, 1.807) is 6.20 Å². The molecule has 5 rings (SSSR count). The Morgan fingerprint density at radius 2 is 2.06 bits per heavy atom. The minimum absolute atomic E-state index is 0.586. The number of nitrogens with zero attached hydrogens (tertiary/aromatic N) is 4. The first kappa shape index (κ1) is 19.9. The Labute approximate surface area is 185 Å². The number of anilines is 3. The SMILES string of the molecule is CCOc1ccc2[nH]cc(CCNc3nccc(Nc4cccc5c4cnn5C)n3)c2c1. The van der Waals surface area contributed by atoms with Crippen LogP contribution in [0.4, 0.5) is 17.5 Å². The Morgan fingerprint density at radius 1 is 1.12 bits per heavy atom. The molecule has 0 amide bonds. The predicted octanol–water partition coefficient (Wildman–Crippen LogP) is 4.64. The molecule has 5 aromatic rings. The Hall–Kier alpha value is -4.07. The van der Waals surface area contributed by atoms with E-state index in [4.69, 9.17) is 4.74 Å². The standard InChI is InChI=1S/C24H25N7O/c1-3-32-17-7-8-20-18(13-17)16(14-27-20)9-11-25-24-26-12-10-23(30-24)29-21-5-4-6-22-19(21)15-28-31(22)2/h4-8,10,12-15,27H,3,9,11H2,1-2H3,(H2,25,26,29,30). The first-order valence-corrected chi connectivity index (χ1v) is 10.7. The van der Waals surface area contributed by atoms with Crippen molar-refractivity contribution in [3.63, 3.8) is 0 Å². The van der Waals surface area contributed by atoms with Gasteiger partial charge < -0.3 is 20.4 Å². The van der Waals surface area contributed by atoms with E-state index in [0.717, 1.165) is 40.1 Å². The van der Waals surface area contributed by atoms with Gasteiger partial charge in [0.1, 0.15) is 11.6 Å². The number of aromatic amines is 1. The first-order chi connectivity index (χ1) is 15.7. The third-order valence-corrected chi connectivity index (χ3v) is 5.44. The molecule has 0 fully saturated rings. The summed E-state index contributed by atoms with van der Waals surface area (Å²) in [6, 6.07) is 14.1. The third kappa shape index (κ3) is 3.94. The number of H-pyrrole nitrogens is 1. The minimum atomic E-state index is 0.586. The maximum Gasteiger partial charge on any atom is 0.224 e. The molecule has 0 bridgehead atoms. The van der Waals surface area contributed by atoms with E-state index in [1.165, 1.54) is 10.9 Å². The molecule has 32 heavy (non-hydrogen) atoms. The molecule has 0 atom stereocenters. The minimum Gasteiger partial charge on any atom is -0.494 e. The molecular formula is C24H25N7O. The van der Waals surface area contributed by atoms with Crippen molar-refractivity contribution < 1.29 is 4.74 Å². The fourth-order valence-electron chi connectivity index (χ4n) is 3.87. The number of aromatic nitrogens is 5. The number of fused-ring (bicyclic) bond motifs is 2. The second kappa shape index (κ2) is 8.58. The summed E-state index contributed by atoms with van der Waals surface area (Å²) in [5.74, 6) is 2.20. The molecule has 2 aromatic carbocycles. The molecule has 8 heteroatoms. The average molecular weight is 428 g/mol. The molecule has 162 valence electrons.